The summed E-state index contributed by atoms with van der Waals surface area (Å²) in [6, 6.07) is 12.2. The smallest absolute Gasteiger partial charge is 0.493 e. The van der Waals surface area contributed by atoms with E-state index in [2.05, 4.69) is 25.0 Å². The van der Waals surface area contributed by atoms with E-state index < -0.39 is 17.8 Å². The summed E-state index contributed by atoms with van der Waals surface area (Å²) in [4.78, 5) is 24.1. The topological polar surface area (TPSA) is 172 Å². The molecule has 0 saturated heterocycles. The van der Waals surface area contributed by atoms with Crippen molar-refractivity contribution in [2.24, 2.45) is 22.2 Å². The van der Waals surface area contributed by atoms with Gasteiger partial charge in [-0.2, -0.15) is 4.98 Å². The number of unbranched alkanes of at least 4 members (excludes halogenated alkanes) is 1. The number of nitrogens with two attached hydrogens (primary N) is 3. The van der Waals surface area contributed by atoms with Crippen LogP contribution in [0.3, 0.4) is 0 Å². The van der Waals surface area contributed by atoms with E-state index in [1.807, 2.05) is 24.3 Å². The molecule has 2 aromatic carbocycles. The molecule has 0 aliphatic carbocycles. The summed E-state index contributed by atoms with van der Waals surface area (Å²) in [5.41, 5.74) is 19.1. The molecule has 0 amide bonds. The molecule has 2 heterocycles. The summed E-state index contributed by atoms with van der Waals surface area (Å²) in [6.07, 6.45) is -0.687. The van der Waals surface area contributed by atoms with Crippen LogP contribution in [0.5, 0.6) is 11.5 Å². The first kappa shape index (κ1) is 31.4. The fourth-order valence-electron chi connectivity index (χ4n) is 4.65. The molecule has 230 valence electrons. The number of fused-ring (bicyclic) bond motifs is 1. The monoisotopic (exact) mass is 600 g/mol. The zero-order valence-electron chi connectivity index (χ0n) is 23.7. The predicted octanol–water partition coefficient (Wildman–Crippen LogP) is 3.32. The minimum absolute atomic E-state index is 0.0107. The summed E-state index contributed by atoms with van der Waals surface area (Å²) >= 11 is 0. The number of H-pyrrole nitrogens is 1. The van der Waals surface area contributed by atoms with E-state index in [1.165, 1.54) is 17.7 Å². The first-order chi connectivity index (χ1) is 20.6. The van der Waals surface area contributed by atoms with Gasteiger partial charge in [0.2, 0.25) is 0 Å². The van der Waals surface area contributed by atoms with Crippen LogP contribution in [0.2, 0.25) is 0 Å². The maximum atomic E-state index is 13.2. The number of aromatic amines is 1. The molecular formula is C29H35F3N8O3. The third kappa shape index (κ3) is 8.49. The van der Waals surface area contributed by atoms with Crippen molar-refractivity contribution in [1.82, 2.24) is 19.9 Å². The molecule has 0 unspecified atom stereocenters. The lowest BCUT2D eigenvalue weighted by Gasteiger charge is -2.17. The number of hydrogen-bond acceptors (Lipinski definition) is 7. The number of aryl methyl sites for hydroxylation is 1. The molecule has 0 aliphatic rings. The van der Waals surface area contributed by atoms with E-state index in [0.29, 0.717) is 72.4 Å². The second-order valence-electron chi connectivity index (χ2n) is 9.84. The lowest BCUT2D eigenvalue weighted by Crippen LogP contribution is -2.23. The highest BCUT2D eigenvalue weighted by Gasteiger charge is 2.33. The highest BCUT2D eigenvalue weighted by molar-refractivity contribution is 5.83. The Bertz CT molecular complexity index is 1610. The molecule has 4 rings (SSSR count). The number of methoxy groups -OCH3 is 1. The number of hydrogen-bond donors (Lipinski definition) is 5. The number of rotatable bonds is 14. The highest BCUT2D eigenvalue weighted by atomic mass is 19.4. The van der Waals surface area contributed by atoms with Gasteiger partial charge in [-0.05, 0) is 80.2 Å². The van der Waals surface area contributed by atoms with Crippen molar-refractivity contribution in [3.05, 3.63) is 70.3 Å². The maximum Gasteiger partial charge on any atom is 0.573 e. The standard InChI is InChI=1S/C29H35F3N8O3/c1-42-25-19(5-2-3-10-33)13-20(15-24(25)43-29(30,31)32)23-14-21-17-40(28(41)39-26(21)38-23)22-8-6-18(7-9-22)16-36-11-4-12-37-27(34)35/h6-9,13-15,17,36H,2-5,10-12,16,33H2,1H3,(H4,34,35,37)(H,38,39,41). The van der Waals surface area contributed by atoms with Crippen molar-refractivity contribution >= 4 is 17.0 Å². The van der Waals surface area contributed by atoms with Gasteiger partial charge in [0.1, 0.15) is 5.65 Å². The van der Waals surface area contributed by atoms with E-state index in [4.69, 9.17) is 21.9 Å². The Hall–Kier alpha value is -4.56. The molecule has 0 fully saturated rings. The Morgan fingerprint density at radius 1 is 1.12 bits per heavy atom. The zero-order chi connectivity index (χ0) is 31.0. The number of benzene rings is 2. The van der Waals surface area contributed by atoms with Crippen molar-refractivity contribution in [3.63, 3.8) is 0 Å². The third-order valence-electron chi connectivity index (χ3n) is 6.63. The number of guanidine groups is 1. The molecule has 8 N–H and O–H groups in total. The van der Waals surface area contributed by atoms with Gasteiger partial charge in [0.25, 0.3) is 0 Å². The molecular weight excluding hydrogens is 565 g/mol. The van der Waals surface area contributed by atoms with Gasteiger partial charge in [-0.1, -0.05) is 12.1 Å². The number of ether oxygens (including phenoxy) is 2. The van der Waals surface area contributed by atoms with Crippen LogP contribution in [0, 0.1) is 0 Å². The second-order valence-corrected chi connectivity index (χ2v) is 9.84. The van der Waals surface area contributed by atoms with Gasteiger partial charge in [-0.25, -0.2) is 4.79 Å². The minimum Gasteiger partial charge on any atom is -0.493 e. The van der Waals surface area contributed by atoms with Crippen LogP contribution in [-0.4, -0.2) is 53.6 Å². The number of halogens is 3. The van der Waals surface area contributed by atoms with Gasteiger partial charge in [0.15, 0.2) is 17.5 Å². The van der Waals surface area contributed by atoms with Crippen LogP contribution in [0.15, 0.2) is 58.4 Å². The minimum atomic E-state index is -4.91. The molecule has 0 spiro atoms. The Balaban J connectivity index is 1.59. The molecule has 0 saturated carbocycles. The molecule has 0 atom stereocenters. The summed E-state index contributed by atoms with van der Waals surface area (Å²) < 4.78 is 50.7. The van der Waals surface area contributed by atoms with Gasteiger partial charge in [0, 0.05) is 35.9 Å². The van der Waals surface area contributed by atoms with Gasteiger partial charge >= 0.3 is 12.1 Å². The summed E-state index contributed by atoms with van der Waals surface area (Å²) in [5, 5.41) is 3.91. The van der Waals surface area contributed by atoms with E-state index in [0.717, 1.165) is 18.5 Å². The largest absolute Gasteiger partial charge is 0.573 e. The Morgan fingerprint density at radius 2 is 1.88 bits per heavy atom. The van der Waals surface area contributed by atoms with Crippen molar-refractivity contribution in [1.29, 1.82) is 0 Å². The zero-order valence-corrected chi connectivity index (χ0v) is 23.7. The predicted molar refractivity (Wildman–Crippen MR) is 159 cm³/mol. The summed E-state index contributed by atoms with van der Waals surface area (Å²) in [7, 11) is 1.30. The molecule has 0 bridgehead atoms. The molecule has 11 nitrogen and oxygen atoms in total. The van der Waals surface area contributed by atoms with Crippen LogP contribution >= 0.6 is 0 Å². The van der Waals surface area contributed by atoms with E-state index in [1.54, 1.807) is 18.3 Å². The van der Waals surface area contributed by atoms with Crippen molar-refractivity contribution in [3.8, 4) is 28.4 Å². The molecule has 14 heteroatoms. The number of aromatic nitrogens is 3. The molecule has 0 radical (unpaired) electrons. The molecule has 43 heavy (non-hydrogen) atoms. The van der Waals surface area contributed by atoms with Crippen molar-refractivity contribution in [2.45, 2.75) is 38.6 Å². The summed E-state index contributed by atoms with van der Waals surface area (Å²) in [6.45, 7) is 2.37. The third-order valence-corrected chi connectivity index (χ3v) is 6.63. The maximum absolute atomic E-state index is 13.2. The van der Waals surface area contributed by atoms with Gasteiger partial charge in [-0.15, -0.1) is 13.2 Å². The number of nitrogens with zero attached hydrogens (tertiary/aromatic N) is 3. The fourth-order valence-corrected chi connectivity index (χ4v) is 4.65. The average molecular weight is 601 g/mol. The molecule has 0 aliphatic heterocycles. The van der Waals surface area contributed by atoms with E-state index >= 15 is 0 Å². The van der Waals surface area contributed by atoms with Crippen molar-refractivity contribution in [2.75, 3.05) is 26.7 Å². The average Bonchev–Trinajstić information content (AvgIpc) is 3.37. The molecule has 2 aromatic heterocycles. The normalized spacial score (nSPS) is 11.6. The van der Waals surface area contributed by atoms with Crippen LogP contribution in [-0.2, 0) is 13.0 Å². The Labute approximate surface area is 245 Å². The van der Waals surface area contributed by atoms with Crippen LogP contribution in [0.4, 0.5) is 13.2 Å². The SMILES string of the molecule is COc1c(CCCCN)cc(-c2cc3cn(-c4ccc(CNCCCN=C(N)N)cc4)c(=O)nc3[nH]2)cc1OC(F)(F)F. The highest BCUT2D eigenvalue weighted by Crippen LogP contribution is 2.40. The quantitative estimate of drug-likeness (QED) is 0.0833. The van der Waals surface area contributed by atoms with Gasteiger partial charge < -0.3 is 37.0 Å². The second kappa shape index (κ2) is 14.1. The number of nitrogens with one attached hydrogen (secondary N) is 2. The lowest BCUT2D eigenvalue weighted by molar-refractivity contribution is -0.275. The number of aliphatic imine (C=N–C) groups is 1. The fraction of sp³-hybridized carbons (Fsp3) is 0.345. The van der Waals surface area contributed by atoms with E-state index in [9.17, 15) is 18.0 Å². The Morgan fingerprint density at radius 3 is 2.56 bits per heavy atom. The number of alkyl halides is 3. The van der Waals surface area contributed by atoms with Crippen LogP contribution in [0.1, 0.15) is 30.4 Å². The first-order valence-electron chi connectivity index (χ1n) is 13.7. The first-order valence-corrected chi connectivity index (χ1v) is 13.7. The van der Waals surface area contributed by atoms with E-state index in [-0.39, 0.29) is 11.7 Å². The molecule has 4 aromatic rings. The van der Waals surface area contributed by atoms with Crippen LogP contribution in [0.25, 0.3) is 28.0 Å². The van der Waals surface area contributed by atoms with Crippen LogP contribution < -0.4 is 37.7 Å². The van der Waals surface area contributed by atoms with Gasteiger partial charge in [-0.3, -0.25) is 9.56 Å². The Kier molecular flexibility index (Phi) is 10.3. The van der Waals surface area contributed by atoms with Gasteiger partial charge in [0.05, 0.1) is 12.8 Å². The lowest BCUT2D eigenvalue weighted by atomic mass is 10.0. The van der Waals surface area contributed by atoms with Crippen molar-refractivity contribution < 1.29 is 22.6 Å². The summed E-state index contributed by atoms with van der Waals surface area (Å²) in [5.74, 6) is -0.371.